The summed E-state index contributed by atoms with van der Waals surface area (Å²) in [5.41, 5.74) is 2.16. The fraction of sp³-hybridized carbons (Fsp3) is 0.471. The van der Waals surface area contributed by atoms with E-state index < -0.39 is 0 Å². The lowest BCUT2D eigenvalue weighted by atomic mass is 10.0. The largest absolute Gasteiger partial charge is 0.336 e. The molecule has 0 aliphatic carbocycles. The van der Waals surface area contributed by atoms with Crippen molar-refractivity contribution in [1.29, 1.82) is 0 Å². The van der Waals surface area contributed by atoms with Crippen molar-refractivity contribution in [3.8, 4) is 0 Å². The van der Waals surface area contributed by atoms with Crippen LogP contribution in [0.1, 0.15) is 46.6 Å². The molecule has 1 N–H and O–H groups in total. The molecule has 25 heavy (non-hydrogen) atoms. The standard InChI is InChI=1S/C17H21N7O/c1-10-15-7-13(8-18-16(15)21-20-10)17(25)23-6-4-5-14(9-23)24-12(3)19-11(2)22-24/h7-8,14H,4-6,9H2,1-3H3,(H,18,20,21). The normalized spacial score (nSPS) is 18.0. The number of hydrogen-bond donors (Lipinski definition) is 1. The number of fused-ring (bicyclic) bond motifs is 1. The van der Waals surface area contributed by atoms with E-state index in [1.807, 2.05) is 36.4 Å². The Morgan fingerprint density at radius 3 is 2.92 bits per heavy atom. The lowest BCUT2D eigenvalue weighted by molar-refractivity contribution is 0.0671. The highest BCUT2D eigenvalue weighted by molar-refractivity contribution is 5.97. The Bertz CT molecular complexity index is 942. The van der Waals surface area contributed by atoms with Gasteiger partial charge in [0.05, 0.1) is 11.6 Å². The fourth-order valence-corrected chi connectivity index (χ4v) is 3.54. The molecule has 0 bridgehead atoms. The summed E-state index contributed by atoms with van der Waals surface area (Å²) in [7, 11) is 0. The summed E-state index contributed by atoms with van der Waals surface area (Å²) in [5, 5.41) is 12.4. The van der Waals surface area contributed by atoms with Crippen molar-refractivity contribution in [3.63, 3.8) is 0 Å². The van der Waals surface area contributed by atoms with E-state index in [1.165, 1.54) is 0 Å². The van der Waals surface area contributed by atoms with Crippen molar-refractivity contribution in [3.05, 3.63) is 35.2 Å². The van der Waals surface area contributed by atoms with E-state index in [2.05, 4.69) is 25.3 Å². The number of nitrogens with zero attached hydrogens (tertiary/aromatic N) is 6. The molecule has 0 radical (unpaired) electrons. The van der Waals surface area contributed by atoms with Crippen molar-refractivity contribution in [1.82, 2.24) is 34.8 Å². The van der Waals surface area contributed by atoms with E-state index in [9.17, 15) is 4.79 Å². The number of hydrogen-bond acceptors (Lipinski definition) is 5. The minimum Gasteiger partial charge on any atom is -0.336 e. The van der Waals surface area contributed by atoms with Gasteiger partial charge < -0.3 is 4.90 Å². The van der Waals surface area contributed by atoms with E-state index in [0.29, 0.717) is 17.8 Å². The highest BCUT2D eigenvalue weighted by Crippen LogP contribution is 2.24. The molecule has 8 heteroatoms. The van der Waals surface area contributed by atoms with Crippen LogP contribution >= 0.6 is 0 Å². The minimum absolute atomic E-state index is 0.00851. The molecule has 130 valence electrons. The molecule has 8 nitrogen and oxygen atoms in total. The van der Waals surface area contributed by atoms with Gasteiger partial charge in [-0.05, 0) is 39.7 Å². The van der Waals surface area contributed by atoms with Crippen LogP contribution in [0.5, 0.6) is 0 Å². The van der Waals surface area contributed by atoms with E-state index >= 15 is 0 Å². The van der Waals surface area contributed by atoms with E-state index in [1.54, 1.807) is 6.20 Å². The van der Waals surface area contributed by atoms with Crippen molar-refractivity contribution in [2.24, 2.45) is 0 Å². The fourth-order valence-electron chi connectivity index (χ4n) is 3.54. The number of pyridine rings is 1. The highest BCUT2D eigenvalue weighted by atomic mass is 16.2. The Kier molecular flexibility index (Phi) is 3.74. The van der Waals surface area contributed by atoms with E-state index in [0.717, 1.165) is 42.1 Å². The first-order valence-corrected chi connectivity index (χ1v) is 8.52. The Morgan fingerprint density at radius 2 is 2.16 bits per heavy atom. The first-order valence-electron chi connectivity index (χ1n) is 8.52. The maximum absolute atomic E-state index is 13.0. The summed E-state index contributed by atoms with van der Waals surface area (Å²) in [5.74, 6) is 1.68. The number of amides is 1. The predicted octanol–water partition coefficient (Wildman–Crippen LogP) is 1.95. The van der Waals surface area contributed by atoms with Gasteiger partial charge in [0.2, 0.25) is 0 Å². The number of nitrogens with one attached hydrogen (secondary N) is 1. The monoisotopic (exact) mass is 339 g/mol. The van der Waals surface area contributed by atoms with Crippen LogP contribution in [0.4, 0.5) is 0 Å². The number of H-pyrrole nitrogens is 1. The number of carbonyl (C=O) groups excluding carboxylic acids is 1. The Labute approximate surface area is 145 Å². The van der Waals surface area contributed by atoms with Gasteiger partial charge in [0, 0.05) is 30.4 Å². The number of carbonyl (C=O) groups is 1. The lowest BCUT2D eigenvalue weighted by Crippen LogP contribution is -2.41. The molecule has 0 saturated carbocycles. The minimum atomic E-state index is 0.00851. The average Bonchev–Trinajstić information content (AvgIpc) is 3.16. The van der Waals surface area contributed by atoms with Crippen LogP contribution in [-0.4, -0.2) is 53.8 Å². The van der Waals surface area contributed by atoms with Crippen LogP contribution in [0, 0.1) is 20.8 Å². The summed E-state index contributed by atoms with van der Waals surface area (Å²) >= 11 is 0. The molecule has 3 aromatic rings. The van der Waals surface area contributed by atoms with Crippen LogP contribution in [-0.2, 0) is 0 Å². The summed E-state index contributed by atoms with van der Waals surface area (Å²) in [6.07, 6.45) is 3.57. The van der Waals surface area contributed by atoms with Crippen LogP contribution in [0.2, 0.25) is 0 Å². The average molecular weight is 339 g/mol. The number of aryl methyl sites for hydroxylation is 3. The Morgan fingerprint density at radius 1 is 1.32 bits per heavy atom. The zero-order valence-corrected chi connectivity index (χ0v) is 14.7. The molecule has 1 aliphatic rings. The number of aromatic nitrogens is 6. The number of rotatable bonds is 2. The van der Waals surface area contributed by atoms with Gasteiger partial charge in [0.25, 0.3) is 5.91 Å². The molecule has 1 saturated heterocycles. The van der Waals surface area contributed by atoms with Gasteiger partial charge in [0.1, 0.15) is 11.6 Å². The number of piperidine rings is 1. The van der Waals surface area contributed by atoms with Crippen LogP contribution in [0.25, 0.3) is 11.0 Å². The predicted molar refractivity (Wildman–Crippen MR) is 92.3 cm³/mol. The van der Waals surface area contributed by atoms with Gasteiger partial charge in [-0.1, -0.05) is 0 Å². The molecule has 1 aliphatic heterocycles. The van der Waals surface area contributed by atoms with E-state index in [4.69, 9.17) is 0 Å². The first-order chi connectivity index (χ1) is 12.0. The topological polar surface area (TPSA) is 92.6 Å². The molecular weight excluding hydrogens is 318 g/mol. The molecule has 1 amide bonds. The van der Waals surface area contributed by atoms with Gasteiger partial charge in [-0.3, -0.25) is 9.89 Å². The van der Waals surface area contributed by atoms with E-state index in [-0.39, 0.29) is 11.9 Å². The van der Waals surface area contributed by atoms with Gasteiger partial charge in [-0.15, -0.1) is 0 Å². The summed E-state index contributed by atoms with van der Waals surface area (Å²) in [4.78, 5) is 23.5. The summed E-state index contributed by atoms with van der Waals surface area (Å²) < 4.78 is 1.95. The molecule has 1 unspecified atom stereocenters. The molecule has 4 heterocycles. The SMILES string of the molecule is Cc1nc(C)n(C2CCCN(C(=O)c3cnc4n[nH]c(C)c4c3)C2)n1. The van der Waals surface area contributed by atoms with Crippen molar-refractivity contribution in [2.75, 3.05) is 13.1 Å². The second-order valence-corrected chi connectivity index (χ2v) is 6.64. The first kappa shape index (κ1) is 15.7. The summed E-state index contributed by atoms with van der Waals surface area (Å²) in [6, 6.07) is 2.05. The second kappa shape index (κ2) is 5.94. The maximum atomic E-state index is 13.0. The van der Waals surface area contributed by atoms with Crippen LogP contribution < -0.4 is 0 Å². The lowest BCUT2D eigenvalue weighted by Gasteiger charge is -2.33. The zero-order chi connectivity index (χ0) is 17.6. The molecule has 1 atom stereocenters. The van der Waals surface area contributed by atoms with Crippen molar-refractivity contribution >= 4 is 16.9 Å². The smallest absolute Gasteiger partial charge is 0.255 e. The van der Waals surface area contributed by atoms with Crippen LogP contribution in [0.15, 0.2) is 12.3 Å². The molecule has 0 spiro atoms. The molecule has 3 aromatic heterocycles. The number of likely N-dealkylation sites (tertiary alicyclic amines) is 1. The van der Waals surface area contributed by atoms with Crippen LogP contribution in [0.3, 0.4) is 0 Å². The Balaban J connectivity index is 1.58. The third-order valence-electron chi connectivity index (χ3n) is 4.78. The van der Waals surface area contributed by atoms with Crippen molar-refractivity contribution < 1.29 is 4.79 Å². The summed E-state index contributed by atoms with van der Waals surface area (Å²) in [6.45, 7) is 7.18. The van der Waals surface area contributed by atoms with Gasteiger partial charge >= 0.3 is 0 Å². The molecule has 1 fully saturated rings. The van der Waals surface area contributed by atoms with Gasteiger partial charge in [-0.25, -0.2) is 14.6 Å². The van der Waals surface area contributed by atoms with Gasteiger partial charge in [0.15, 0.2) is 5.65 Å². The second-order valence-electron chi connectivity index (χ2n) is 6.64. The van der Waals surface area contributed by atoms with Gasteiger partial charge in [-0.2, -0.15) is 10.2 Å². The zero-order valence-electron chi connectivity index (χ0n) is 14.7. The highest BCUT2D eigenvalue weighted by Gasteiger charge is 2.27. The molecule has 4 rings (SSSR count). The quantitative estimate of drug-likeness (QED) is 0.770. The third kappa shape index (κ3) is 2.77. The Hall–Kier alpha value is -2.77. The number of aromatic amines is 1. The van der Waals surface area contributed by atoms with Crippen molar-refractivity contribution in [2.45, 2.75) is 39.7 Å². The molecule has 0 aromatic carbocycles. The maximum Gasteiger partial charge on any atom is 0.255 e. The third-order valence-corrected chi connectivity index (χ3v) is 4.78. The molecular formula is C17H21N7O.